The second-order valence-corrected chi connectivity index (χ2v) is 13.7. The van der Waals surface area contributed by atoms with Gasteiger partial charge < -0.3 is 48.5 Å². The Morgan fingerprint density at radius 1 is 0.522 bits per heavy atom. The van der Waals surface area contributed by atoms with E-state index >= 15 is 0 Å². The predicted octanol–water partition coefficient (Wildman–Crippen LogP) is 3.61. The van der Waals surface area contributed by atoms with Crippen molar-refractivity contribution in [3.63, 3.8) is 0 Å². The second-order valence-electron chi connectivity index (χ2n) is 13.7. The SMILES string of the molecule is COC(=O)[C@H](COC(=O)OCc1cn(C[C]2[CH][CH][CH][CH]2)nn1)NC(=O)OCc1ccccc1.COC(=O)[C@H](COC(=O)OCc1cn(C[C]2[CH][CH][CH][CH]2)nn1)NC(=O)OCc1ccccc1.[Fe+2]. The maximum absolute atomic E-state index is 12.0. The molecule has 2 fully saturated rings. The zero-order valence-corrected chi connectivity index (χ0v) is 37.2. The number of methoxy groups -OCH3 is 2. The van der Waals surface area contributed by atoms with Crippen LogP contribution in [0.3, 0.4) is 0 Å². The second kappa shape index (κ2) is 29.0. The van der Waals surface area contributed by atoms with Crippen LogP contribution < -0.4 is 10.6 Å². The quantitative estimate of drug-likeness (QED) is 0.0728. The Morgan fingerprint density at radius 2 is 0.896 bits per heavy atom. The molecule has 4 aromatic rings. The Morgan fingerprint density at radius 3 is 1.25 bits per heavy atom. The van der Waals surface area contributed by atoms with Crippen molar-refractivity contribution in [3.8, 4) is 0 Å². The van der Waals surface area contributed by atoms with Crippen molar-refractivity contribution in [1.29, 1.82) is 0 Å². The number of hydrogen-bond acceptors (Lipinski definition) is 18. The molecule has 0 spiro atoms. The van der Waals surface area contributed by atoms with Gasteiger partial charge in [0.2, 0.25) is 0 Å². The molecule has 10 radical (unpaired) electrons. The number of nitrogens with one attached hydrogen (secondary N) is 2. The summed E-state index contributed by atoms with van der Waals surface area (Å²) < 4.78 is 42.4. The number of esters is 2. The molecule has 2 aliphatic carbocycles. The van der Waals surface area contributed by atoms with Crippen LogP contribution >= 0.6 is 0 Å². The Hall–Kier alpha value is -6.74. The predicted molar refractivity (Wildman–Crippen MR) is 224 cm³/mol. The third-order valence-corrected chi connectivity index (χ3v) is 8.72. The molecule has 0 unspecified atom stereocenters. The summed E-state index contributed by atoms with van der Waals surface area (Å²) in [6, 6.07) is 15.5. The van der Waals surface area contributed by atoms with Gasteiger partial charge in [-0.2, -0.15) is 0 Å². The van der Waals surface area contributed by atoms with Gasteiger partial charge in [-0.25, -0.2) is 28.8 Å². The maximum atomic E-state index is 12.0. The van der Waals surface area contributed by atoms with Gasteiger partial charge in [0.25, 0.3) is 0 Å². The van der Waals surface area contributed by atoms with E-state index in [1.54, 1.807) is 70.3 Å². The summed E-state index contributed by atoms with van der Waals surface area (Å²) in [6.07, 6.45) is 15.0. The molecular weight excluding hydrogens is 920 g/mol. The van der Waals surface area contributed by atoms with Gasteiger partial charge in [0.1, 0.15) is 51.0 Å². The van der Waals surface area contributed by atoms with Gasteiger partial charge in [-0.3, -0.25) is 9.36 Å². The summed E-state index contributed by atoms with van der Waals surface area (Å²) in [6.45, 7) is -0.254. The summed E-state index contributed by atoms with van der Waals surface area (Å²) in [5.74, 6) is 0.510. The summed E-state index contributed by atoms with van der Waals surface area (Å²) in [5.41, 5.74) is 2.39. The zero-order valence-electron chi connectivity index (χ0n) is 36.1. The Kier molecular flexibility index (Phi) is 22.9. The topological polar surface area (TPSA) is 262 Å². The number of nitrogens with zero attached hydrogens (tertiary/aromatic N) is 6. The fourth-order valence-electron chi connectivity index (χ4n) is 5.46. The number of benzene rings is 2. The van der Waals surface area contributed by atoms with E-state index < -0.39 is 61.7 Å². The summed E-state index contributed by atoms with van der Waals surface area (Å²) in [7, 11) is 2.28. The van der Waals surface area contributed by atoms with Gasteiger partial charge in [0, 0.05) is 24.9 Å². The van der Waals surface area contributed by atoms with Crippen molar-refractivity contribution in [2.45, 2.75) is 51.6 Å². The molecule has 352 valence electrons. The van der Waals surface area contributed by atoms with Crippen LogP contribution in [0.15, 0.2) is 73.1 Å². The minimum absolute atomic E-state index is 0. The van der Waals surface area contributed by atoms with Crippen molar-refractivity contribution < 1.29 is 83.7 Å². The van der Waals surface area contributed by atoms with E-state index in [9.17, 15) is 28.8 Å². The van der Waals surface area contributed by atoms with Crippen LogP contribution in [-0.4, -0.2) is 106 Å². The average Bonchev–Trinajstić information content (AvgIpc) is 4.20. The fraction of sp³-hybridized carbons (Fsp3) is 0.273. The summed E-state index contributed by atoms with van der Waals surface area (Å²) in [4.78, 5) is 71.6. The molecule has 23 heteroatoms. The van der Waals surface area contributed by atoms with Gasteiger partial charge in [-0.15, -0.1) is 10.2 Å². The van der Waals surface area contributed by atoms with E-state index in [-0.39, 0.29) is 43.5 Å². The molecule has 0 aliphatic heterocycles. The van der Waals surface area contributed by atoms with Crippen molar-refractivity contribution in [1.82, 2.24) is 40.6 Å². The monoisotopic (exact) mass is 966 g/mol. The van der Waals surface area contributed by atoms with E-state index in [1.807, 2.05) is 63.5 Å². The molecule has 2 saturated carbocycles. The Labute approximate surface area is 397 Å². The molecule has 2 amide bonds. The molecule has 2 aliphatic rings. The standard InChI is InChI=1S/2C22H23N4O7.Fe/c2*1-30-20(27)19(23-21(28)31-13-17-9-3-2-4-10-17)15-33-22(29)32-14-18-12-26(25-24-18)11-16-7-5-6-8-16;/h2*2-10,12,19H,11,13-15H2,1H3,(H,23,28);/q;;+2/t2*19-;/m00./s1. The number of amides is 2. The fourth-order valence-corrected chi connectivity index (χ4v) is 5.46. The van der Waals surface area contributed by atoms with Crippen LogP contribution in [0, 0.1) is 63.2 Å². The van der Waals surface area contributed by atoms with Gasteiger partial charge >= 0.3 is 53.5 Å². The number of alkyl carbamates (subject to hydrolysis) is 2. The van der Waals surface area contributed by atoms with Crippen LogP contribution in [0.5, 0.6) is 0 Å². The van der Waals surface area contributed by atoms with E-state index in [0.29, 0.717) is 24.5 Å². The third kappa shape index (κ3) is 19.7. The summed E-state index contributed by atoms with van der Waals surface area (Å²) >= 11 is 0. The van der Waals surface area contributed by atoms with Crippen LogP contribution in [-0.2, 0) is 104 Å². The van der Waals surface area contributed by atoms with Crippen LogP contribution in [0.2, 0.25) is 0 Å². The van der Waals surface area contributed by atoms with Gasteiger partial charge in [0.05, 0.1) is 26.6 Å². The minimum Gasteiger partial charge on any atom is -0.467 e. The van der Waals surface area contributed by atoms with E-state index in [0.717, 1.165) is 37.2 Å². The van der Waals surface area contributed by atoms with Gasteiger partial charge in [-0.1, -0.05) is 71.1 Å². The first kappa shape index (κ1) is 52.9. The average molecular weight is 967 g/mol. The normalized spacial score (nSPS) is 14.1. The van der Waals surface area contributed by atoms with Crippen molar-refractivity contribution in [2.75, 3.05) is 27.4 Å². The van der Waals surface area contributed by atoms with E-state index in [2.05, 4.69) is 40.7 Å². The smallest absolute Gasteiger partial charge is 0.467 e. The first-order chi connectivity index (χ1) is 32.1. The number of hydrogen-bond donors (Lipinski definition) is 2. The molecule has 2 atom stereocenters. The first-order valence-corrected chi connectivity index (χ1v) is 19.9. The maximum Gasteiger partial charge on any atom is 2.00 e. The van der Waals surface area contributed by atoms with Gasteiger partial charge in [-0.05, 0) is 62.5 Å². The first-order valence-electron chi connectivity index (χ1n) is 19.9. The number of aromatic nitrogens is 6. The number of ether oxygens (including phenoxy) is 8. The van der Waals surface area contributed by atoms with Crippen LogP contribution in [0.1, 0.15) is 22.5 Å². The zero-order chi connectivity index (χ0) is 46.9. The molecule has 2 aromatic heterocycles. The molecule has 6 rings (SSSR count). The number of carbonyl (C=O) groups is 6. The largest absolute Gasteiger partial charge is 2.00 e. The van der Waals surface area contributed by atoms with E-state index in [1.165, 1.54) is 0 Å². The molecule has 2 N–H and O–H groups in total. The van der Waals surface area contributed by atoms with Crippen LogP contribution in [0.25, 0.3) is 0 Å². The molecule has 0 saturated heterocycles. The Balaban J connectivity index is 0.000000288. The van der Waals surface area contributed by atoms with Crippen LogP contribution in [0.4, 0.5) is 19.2 Å². The molecule has 2 heterocycles. The number of carbonyl (C=O) groups excluding carboxylic acids is 6. The van der Waals surface area contributed by atoms with Gasteiger partial charge in [0.15, 0.2) is 12.1 Å². The molecule has 67 heavy (non-hydrogen) atoms. The molecular formula is C44H46FeN8O14+2. The van der Waals surface area contributed by atoms with Crippen molar-refractivity contribution in [2.24, 2.45) is 0 Å². The Bertz CT molecular complexity index is 1980. The third-order valence-electron chi connectivity index (χ3n) is 8.72. The van der Waals surface area contributed by atoms with E-state index in [4.69, 9.17) is 28.4 Å². The molecule has 0 bridgehead atoms. The number of rotatable bonds is 20. The molecule has 22 nitrogen and oxygen atoms in total. The van der Waals surface area contributed by atoms with Crippen molar-refractivity contribution >= 4 is 36.4 Å². The minimum atomic E-state index is -1.27. The van der Waals surface area contributed by atoms with Crippen molar-refractivity contribution in [3.05, 3.63) is 159 Å². The molecule has 2 aromatic carbocycles. The summed E-state index contributed by atoms with van der Waals surface area (Å²) in [5, 5.41) is 20.4.